The van der Waals surface area contributed by atoms with Crippen LogP contribution in [0.15, 0.2) is 53.5 Å². The Balaban J connectivity index is 1.05. The van der Waals surface area contributed by atoms with Gasteiger partial charge in [0.25, 0.3) is 23.3 Å². The third-order valence-electron chi connectivity index (χ3n) is 9.74. The Bertz CT molecular complexity index is 2280. The molecule has 18 heteroatoms. The minimum atomic E-state index is -1.08. The number of benzene rings is 2. The Morgan fingerprint density at radius 1 is 1.02 bits per heavy atom. The first-order chi connectivity index (χ1) is 25.9. The number of halogens is 1. The first-order valence-electron chi connectivity index (χ1n) is 17.1. The zero-order chi connectivity index (χ0) is 38.3. The molecule has 0 saturated carbocycles. The van der Waals surface area contributed by atoms with Gasteiger partial charge >= 0.3 is 0 Å². The number of piperazine rings is 1. The zero-order valence-electron chi connectivity index (χ0n) is 29.6. The maximum Gasteiger partial charge on any atom is 0.293 e. The van der Waals surface area contributed by atoms with Gasteiger partial charge in [0.1, 0.15) is 23.4 Å². The van der Waals surface area contributed by atoms with Crippen molar-refractivity contribution in [1.29, 1.82) is 0 Å². The van der Waals surface area contributed by atoms with Gasteiger partial charge in [-0.3, -0.25) is 43.9 Å². The normalized spacial score (nSPS) is 18.8. The summed E-state index contributed by atoms with van der Waals surface area (Å²) in [6.07, 6.45) is 1.59. The average Bonchev–Trinajstić information content (AvgIpc) is 3.41. The number of nitrogens with one attached hydrogen (secondary N) is 3. The molecule has 5 amide bonds. The SMILES string of the molecule is CNC(=O)COc1cc2cc(Nc3nc(N4CCN(C)C(COc5cccc6c5C(=O)N(C5CCC(=O)NC5=O)C6=O)C4)ncc3Cl)ccc2n(C)c1=O. The number of pyridine rings is 1. The Morgan fingerprint density at radius 3 is 2.61 bits per heavy atom. The standard InChI is InChI=1S/C36H36ClN9O8/c1-38-29(48)18-54-27-14-19-13-20(7-8-24(19)44(3)34(27)51)40-31-23(37)15-39-36(42-31)45-12-11-43(2)21(16-45)17-53-26-6-4-5-22-30(26)35(52)46(33(22)50)25-9-10-28(47)41-32(25)49/h4-8,13-15,21,25H,9-12,16-18H2,1-3H3,(H,38,48)(H,39,40,42)(H,41,47,49). The molecule has 5 heterocycles. The van der Waals surface area contributed by atoms with Gasteiger partial charge in [-0.2, -0.15) is 4.98 Å². The molecule has 2 unspecified atom stereocenters. The monoisotopic (exact) mass is 757 g/mol. The molecular weight excluding hydrogens is 722 g/mol. The molecular formula is C36H36ClN9O8. The number of likely N-dealkylation sites (N-methyl/N-ethyl adjacent to an activating group) is 2. The summed E-state index contributed by atoms with van der Waals surface area (Å²) < 4.78 is 13.1. The van der Waals surface area contributed by atoms with E-state index in [2.05, 4.69) is 25.8 Å². The van der Waals surface area contributed by atoms with E-state index < -0.39 is 29.7 Å². The predicted molar refractivity (Wildman–Crippen MR) is 196 cm³/mol. The summed E-state index contributed by atoms with van der Waals surface area (Å²) in [6.45, 7) is 1.57. The number of hydrogen-bond donors (Lipinski definition) is 3. The van der Waals surface area contributed by atoms with Crippen LogP contribution in [0.4, 0.5) is 17.5 Å². The summed E-state index contributed by atoms with van der Waals surface area (Å²) in [7, 11) is 5.06. The smallest absolute Gasteiger partial charge is 0.293 e. The quantitative estimate of drug-likeness (QED) is 0.197. The van der Waals surface area contributed by atoms with Gasteiger partial charge in [-0.25, -0.2) is 4.98 Å². The number of aryl methyl sites for hydroxylation is 1. The van der Waals surface area contributed by atoms with E-state index in [1.54, 1.807) is 37.4 Å². The predicted octanol–water partition coefficient (Wildman–Crippen LogP) is 1.45. The van der Waals surface area contributed by atoms with Crippen molar-refractivity contribution in [3.05, 3.63) is 75.2 Å². The third kappa shape index (κ3) is 6.90. The lowest BCUT2D eigenvalue weighted by atomic mass is 10.0. The van der Waals surface area contributed by atoms with Crippen molar-refractivity contribution in [1.82, 2.24) is 35.0 Å². The number of amides is 5. The number of carbonyl (C=O) groups is 5. The second kappa shape index (κ2) is 14.7. The van der Waals surface area contributed by atoms with E-state index in [1.807, 2.05) is 18.0 Å². The van der Waals surface area contributed by atoms with Crippen LogP contribution in [0.5, 0.6) is 11.5 Å². The van der Waals surface area contributed by atoms with Crippen LogP contribution in [0.1, 0.15) is 33.6 Å². The molecule has 54 heavy (non-hydrogen) atoms. The summed E-state index contributed by atoms with van der Waals surface area (Å²) >= 11 is 6.54. The molecule has 4 aromatic rings. The number of rotatable bonds is 10. The number of carbonyl (C=O) groups excluding carboxylic acids is 5. The maximum absolute atomic E-state index is 13.5. The van der Waals surface area contributed by atoms with E-state index in [4.69, 9.17) is 26.1 Å². The fourth-order valence-corrected chi connectivity index (χ4v) is 6.82. The Hall–Kier alpha value is -6.07. The topological polar surface area (TPSA) is 197 Å². The number of fused-ring (bicyclic) bond motifs is 2. The summed E-state index contributed by atoms with van der Waals surface area (Å²) in [5.74, 6) is -1.69. The summed E-state index contributed by atoms with van der Waals surface area (Å²) in [5, 5.41) is 8.87. The molecule has 2 aromatic heterocycles. The van der Waals surface area contributed by atoms with Gasteiger partial charge in [-0.05, 0) is 49.9 Å². The van der Waals surface area contributed by atoms with Gasteiger partial charge in [0.05, 0.1) is 28.9 Å². The van der Waals surface area contributed by atoms with Crippen molar-refractivity contribution in [2.45, 2.75) is 24.9 Å². The van der Waals surface area contributed by atoms with Crippen molar-refractivity contribution < 1.29 is 33.4 Å². The molecule has 280 valence electrons. The molecule has 0 aliphatic carbocycles. The van der Waals surface area contributed by atoms with Crippen LogP contribution < -0.4 is 35.9 Å². The van der Waals surface area contributed by atoms with Crippen molar-refractivity contribution in [3.63, 3.8) is 0 Å². The molecule has 3 aliphatic heterocycles. The number of aromatic nitrogens is 3. The highest BCUT2D eigenvalue weighted by Gasteiger charge is 2.46. The molecule has 2 fully saturated rings. The van der Waals surface area contributed by atoms with Crippen LogP contribution in [-0.2, 0) is 21.4 Å². The van der Waals surface area contributed by atoms with Crippen LogP contribution >= 0.6 is 11.6 Å². The Labute approximate surface area is 313 Å². The van der Waals surface area contributed by atoms with Gasteiger partial charge in [0.2, 0.25) is 17.8 Å². The molecule has 7 rings (SSSR count). The lowest BCUT2D eigenvalue weighted by Crippen LogP contribution is -2.54. The van der Waals surface area contributed by atoms with Crippen LogP contribution in [0.2, 0.25) is 5.02 Å². The number of nitrogens with zero attached hydrogens (tertiary/aromatic N) is 6. The fraction of sp³-hybridized carbons (Fsp3) is 0.333. The van der Waals surface area contributed by atoms with Crippen LogP contribution in [-0.4, -0.2) is 113 Å². The van der Waals surface area contributed by atoms with E-state index in [1.165, 1.54) is 23.9 Å². The number of ether oxygens (including phenoxy) is 2. The van der Waals surface area contributed by atoms with Crippen LogP contribution in [0, 0.1) is 0 Å². The van der Waals surface area contributed by atoms with Crippen molar-refractivity contribution >= 4 is 69.5 Å². The maximum atomic E-state index is 13.5. The van der Waals surface area contributed by atoms with E-state index in [0.29, 0.717) is 48.0 Å². The molecule has 0 spiro atoms. The second-order valence-corrected chi connectivity index (χ2v) is 13.5. The minimum Gasteiger partial charge on any atom is -0.491 e. The van der Waals surface area contributed by atoms with Gasteiger partial charge in [0.15, 0.2) is 18.2 Å². The highest BCUT2D eigenvalue weighted by atomic mass is 35.5. The van der Waals surface area contributed by atoms with E-state index in [0.717, 1.165) is 4.90 Å². The second-order valence-electron chi connectivity index (χ2n) is 13.1. The van der Waals surface area contributed by atoms with Crippen LogP contribution in [0.25, 0.3) is 10.9 Å². The molecule has 17 nitrogen and oxygen atoms in total. The number of hydrogen-bond acceptors (Lipinski definition) is 13. The molecule has 2 saturated heterocycles. The Kier molecular flexibility index (Phi) is 9.91. The first kappa shape index (κ1) is 36.3. The third-order valence-corrected chi connectivity index (χ3v) is 10.0. The van der Waals surface area contributed by atoms with Crippen molar-refractivity contribution in [2.24, 2.45) is 7.05 Å². The highest BCUT2D eigenvalue weighted by molar-refractivity contribution is 6.33. The number of piperidine rings is 1. The Morgan fingerprint density at radius 2 is 1.83 bits per heavy atom. The summed E-state index contributed by atoms with van der Waals surface area (Å²) in [6, 6.07) is 10.5. The van der Waals surface area contributed by atoms with Gasteiger partial charge in [-0.1, -0.05) is 17.7 Å². The van der Waals surface area contributed by atoms with Gasteiger partial charge < -0.3 is 29.6 Å². The lowest BCUT2D eigenvalue weighted by Gasteiger charge is -2.39. The van der Waals surface area contributed by atoms with E-state index >= 15 is 0 Å². The molecule has 3 N–H and O–H groups in total. The highest BCUT2D eigenvalue weighted by Crippen LogP contribution is 2.34. The summed E-state index contributed by atoms with van der Waals surface area (Å²) in [5.41, 5.74) is 1.14. The largest absolute Gasteiger partial charge is 0.491 e. The van der Waals surface area contributed by atoms with E-state index in [9.17, 15) is 28.8 Å². The lowest BCUT2D eigenvalue weighted by molar-refractivity contribution is -0.136. The zero-order valence-corrected chi connectivity index (χ0v) is 30.3. The van der Waals surface area contributed by atoms with Gasteiger partial charge in [-0.15, -0.1) is 0 Å². The summed E-state index contributed by atoms with van der Waals surface area (Å²) in [4.78, 5) is 89.8. The number of imide groups is 2. The average molecular weight is 758 g/mol. The first-order valence-corrected chi connectivity index (χ1v) is 17.5. The van der Waals surface area contributed by atoms with Crippen molar-refractivity contribution in [3.8, 4) is 11.5 Å². The number of anilines is 3. The molecule has 2 atom stereocenters. The van der Waals surface area contributed by atoms with Gasteiger partial charge in [0, 0.05) is 51.2 Å². The van der Waals surface area contributed by atoms with E-state index in [-0.39, 0.29) is 71.2 Å². The molecule has 0 bridgehead atoms. The molecule has 0 radical (unpaired) electrons. The van der Waals surface area contributed by atoms with Crippen molar-refractivity contribution in [2.75, 3.05) is 57.2 Å². The van der Waals surface area contributed by atoms with Crippen LogP contribution in [0.3, 0.4) is 0 Å². The molecule has 2 aromatic carbocycles. The molecule has 3 aliphatic rings. The fourth-order valence-electron chi connectivity index (χ4n) is 6.68. The minimum absolute atomic E-state index is 0.0261.